The summed E-state index contributed by atoms with van der Waals surface area (Å²) in [6, 6.07) is 0. The Kier molecular flexibility index (Phi) is 19.2. The molecule has 396 valence electrons. The lowest BCUT2D eigenvalue weighted by molar-refractivity contribution is -0.393. The maximum absolute atomic E-state index is 12.5. The van der Waals surface area contributed by atoms with Crippen molar-refractivity contribution in [2.45, 2.75) is 184 Å². The van der Waals surface area contributed by atoms with Gasteiger partial charge < -0.3 is 154 Å². The summed E-state index contributed by atoms with van der Waals surface area (Å²) in [5.41, 5.74) is 0. The second-order valence-electron chi connectivity index (χ2n) is 16.8. The molecule has 6 aliphatic rings. The van der Waals surface area contributed by atoms with E-state index in [2.05, 4.69) is 0 Å². The lowest BCUT2D eigenvalue weighted by Crippen LogP contribution is -2.68. The van der Waals surface area contributed by atoms with Crippen LogP contribution in [0.15, 0.2) is 0 Å². The number of rotatable bonds is 16. The fraction of sp³-hybridized carbons (Fsp3) is 0.972. The fourth-order valence-electron chi connectivity index (χ4n) is 8.49. The van der Waals surface area contributed by atoms with E-state index in [1.54, 1.807) is 0 Å². The van der Waals surface area contributed by atoms with Crippen LogP contribution in [0.4, 0.5) is 0 Å². The number of aliphatic carboxylic acids is 1. The molecule has 0 unspecified atom stereocenters. The third-order valence-electron chi connectivity index (χ3n) is 12.4. The van der Waals surface area contributed by atoms with Crippen LogP contribution in [0.1, 0.15) is 0 Å². The molecule has 0 aromatic carbocycles. The van der Waals surface area contributed by atoms with Crippen LogP contribution in [0.25, 0.3) is 0 Å². The van der Waals surface area contributed by atoms with Crippen LogP contribution in [0.5, 0.6) is 0 Å². The lowest BCUT2D eigenvalue weighted by Gasteiger charge is -2.49. The van der Waals surface area contributed by atoms with E-state index in [0.29, 0.717) is 0 Å². The highest BCUT2D eigenvalue weighted by Gasteiger charge is 2.58. The molecule has 68 heavy (non-hydrogen) atoms. The van der Waals surface area contributed by atoms with Crippen molar-refractivity contribution in [2.24, 2.45) is 0 Å². The maximum atomic E-state index is 12.5. The van der Waals surface area contributed by atoms with Crippen LogP contribution in [-0.2, 0) is 56.9 Å². The monoisotopic (exact) mass is 1000 g/mol. The first-order chi connectivity index (χ1) is 32.1. The largest absolute Gasteiger partial charge is 0.479 e. The molecule has 32 nitrogen and oxygen atoms in total. The topological polar surface area (TPSA) is 523 Å². The summed E-state index contributed by atoms with van der Waals surface area (Å²) in [4.78, 5) is 12.5. The van der Waals surface area contributed by atoms with Gasteiger partial charge in [0.05, 0.1) is 33.0 Å². The molecule has 6 saturated heterocycles. The summed E-state index contributed by atoms with van der Waals surface area (Å²) in [6.07, 6.45) is -59.6. The van der Waals surface area contributed by atoms with Crippen molar-refractivity contribution >= 4 is 5.97 Å². The van der Waals surface area contributed by atoms with Crippen molar-refractivity contribution < 1.29 is 159 Å². The molecule has 0 aliphatic carbocycles. The van der Waals surface area contributed by atoms with Crippen molar-refractivity contribution in [3.8, 4) is 0 Å². The van der Waals surface area contributed by atoms with E-state index in [0.717, 1.165) is 0 Å². The van der Waals surface area contributed by atoms with E-state index >= 15 is 0 Å². The number of carbonyl (C=O) groups is 1. The minimum Gasteiger partial charge on any atom is -0.479 e. The van der Waals surface area contributed by atoms with Gasteiger partial charge in [-0.2, -0.15) is 0 Å². The third kappa shape index (κ3) is 11.1. The number of ether oxygens (including phenoxy) is 11. The molecule has 6 aliphatic heterocycles. The SMILES string of the molecule is O=C(O)[C@H]1O[C@@H](O[C@H]2[C@H](O)[C@@H](O)[C@H](O[C@H]3[C@H](O)[C@@H](O)[C@@H](O[C@@H]4[C@H](O)[C@@H](O)[C@@H](O)O[C@@H]4CO)O[C@@H]3CO)O[C@@H]2CO)[C@H](O)[C@@H](O)[C@@H]1O[C@H]1O[C@H](CO)[C@H](O[C@@H]2O[C@H](CO)[C@@H](O)[C@H](O)[C@H]2O)[C@H](O)[C@H]1O. The first-order valence-corrected chi connectivity index (χ1v) is 21.1. The highest BCUT2D eigenvalue weighted by atomic mass is 16.8. The van der Waals surface area contributed by atoms with Gasteiger partial charge in [0, 0.05) is 0 Å². The van der Waals surface area contributed by atoms with E-state index in [1.165, 1.54) is 0 Å². The molecule has 6 heterocycles. The zero-order valence-electron chi connectivity index (χ0n) is 35.2. The maximum Gasteiger partial charge on any atom is 0.335 e. The van der Waals surface area contributed by atoms with E-state index in [1.807, 2.05) is 0 Å². The van der Waals surface area contributed by atoms with Gasteiger partial charge in [-0.05, 0) is 0 Å². The Labute approximate surface area is 382 Å². The Morgan fingerprint density at radius 1 is 0.309 bits per heavy atom. The van der Waals surface area contributed by atoms with Crippen LogP contribution < -0.4 is 0 Å². The highest BCUT2D eigenvalue weighted by molar-refractivity contribution is 5.73. The molecule has 0 amide bonds. The molecule has 6 rings (SSSR count). The van der Waals surface area contributed by atoms with Crippen molar-refractivity contribution in [1.82, 2.24) is 0 Å². The lowest BCUT2D eigenvalue weighted by atomic mass is 9.95. The van der Waals surface area contributed by atoms with Crippen LogP contribution in [0.2, 0.25) is 0 Å². The van der Waals surface area contributed by atoms with Gasteiger partial charge >= 0.3 is 5.97 Å². The average molecular weight is 1000 g/mol. The Balaban J connectivity index is 1.09. The summed E-state index contributed by atoms with van der Waals surface area (Å²) in [5.74, 6) is -1.91. The molecular weight excluding hydrogens is 944 g/mol. The van der Waals surface area contributed by atoms with Gasteiger partial charge in [0.2, 0.25) is 0 Å². The smallest absolute Gasteiger partial charge is 0.335 e. The molecule has 0 radical (unpaired) electrons. The summed E-state index contributed by atoms with van der Waals surface area (Å²) >= 11 is 0. The first kappa shape index (κ1) is 55.6. The Bertz CT molecular complexity index is 1580. The highest BCUT2D eigenvalue weighted by Crippen LogP contribution is 2.36. The van der Waals surface area contributed by atoms with Gasteiger partial charge in [0.15, 0.2) is 43.8 Å². The molecule has 0 spiro atoms. The van der Waals surface area contributed by atoms with Crippen molar-refractivity contribution in [2.75, 3.05) is 33.0 Å². The average Bonchev–Trinajstić information content (AvgIpc) is 3.32. The fourth-order valence-corrected chi connectivity index (χ4v) is 8.49. The van der Waals surface area contributed by atoms with E-state index in [-0.39, 0.29) is 0 Å². The van der Waals surface area contributed by atoms with Crippen molar-refractivity contribution in [3.05, 3.63) is 0 Å². The van der Waals surface area contributed by atoms with Gasteiger partial charge in [-0.1, -0.05) is 0 Å². The molecule has 30 atom stereocenters. The van der Waals surface area contributed by atoms with Crippen molar-refractivity contribution in [3.63, 3.8) is 0 Å². The van der Waals surface area contributed by atoms with E-state index < -0.39 is 223 Å². The predicted molar refractivity (Wildman–Crippen MR) is 200 cm³/mol. The van der Waals surface area contributed by atoms with Crippen LogP contribution in [0, 0.1) is 0 Å². The predicted octanol–water partition coefficient (Wildman–Crippen LogP) is -14.0. The van der Waals surface area contributed by atoms with Gasteiger partial charge in [0.25, 0.3) is 0 Å². The Hall–Kier alpha value is -1.73. The zero-order chi connectivity index (χ0) is 50.2. The first-order valence-electron chi connectivity index (χ1n) is 21.1. The third-order valence-corrected chi connectivity index (χ3v) is 12.4. The second-order valence-corrected chi connectivity index (χ2v) is 16.8. The van der Waals surface area contributed by atoms with Gasteiger partial charge in [-0.3, -0.25) is 0 Å². The second kappa shape index (κ2) is 23.4. The van der Waals surface area contributed by atoms with E-state index in [4.69, 9.17) is 52.1 Å². The number of carboxylic acid groups (broad SMARTS) is 1. The van der Waals surface area contributed by atoms with Gasteiger partial charge in [0.1, 0.15) is 140 Å². The summed E-state index contributed by atoms with van der Waals surface area (Å²) in [6.45, 7) is -4.86. The number of hydrogen-bond acceptors (Lipinski definition) is 31. The standard InChI is InChI=1S/C36H60O32/c37-1-6-11(42)12(43)19(50)32(59-6)64-25-9(4-40)62-35(22(53)16(25)47)67-28-17(48)23(54)36(68-29(28)30(55)56)66-27-10(5-41)61-34(21(52)15(27)46)65-26-8(3-39)60-33(20(51)14(26)45)63-24-7(2-38)58-31(57)18(49)13(24)44/h6-29,31-54,57H,1-5H2,(H,55,56)/t6-,7-,8-,9-,10-,11-,12+,13-,14-,15-,16-,17-,18-,19-,20-,21-,22-,23-,24+,25+,26-,27-,28+,29+,31+,32+,33-,34+,35-,36-/m1/s1. The zero-order valence-corrected chi connectivity index (χ0v) is 35.2. The molecule has 0 saturated carbocycles. The molecule has 0 aromatic heterocycles. The Morgan fingerprint density at radius 2 is 0.574 bits per heavy atom. The minimum absolute atomic E-state index is 0.859. The number of carboxylic acids is 1. The van der Waals surface area contributed by atoms with E-state index in [9.17, 15) is 107 Å². The molecule has 0 bridgehead atoms. The number of aliphatic hydroxyl groups is 19. The number of aliphatic hydroxyl groups excluding tert-OH is 19. The van der Waals surface area contributed by atoms with Crippen LogP contribution >= 0.6 is 0 Å². The molecule has 20 N–H and O–H groups in total. The van der Waals surface area contributed by atoms with Crippen molar-refractivity contribution in [1.29, 1.82) is 0 Å². The normalized spacial score (nSPS) is 52.7. The minimum atomic E-state index is -2.36. The molecular formula is C36H60O32. The van der Waals surface area contributed by atoms with Gasteiger partial charge in [-0.25, -0.2) is 4.79 Å². The summed E-state index contributed by atoms with van der Waals surface area (Å²) < 4.78 is 59.7. The quantitative estimate of drug-likeness (QED) is 0.0683. The Morgan fingerprint density at radius 3 is 0.912 bits per heavy atom. The summed E-state index contributed by atoms with van der Waals surface area (Å²) in [7, 11) is 0. The number of hydrogen-bond donors (Lipinski definition) is 20. The molecule has 6 fully saturated rings. The molecule has 32 heteroatoms. The molecule has 0 aromatic rings. The summed E-state index contributed by atoms with van der Waals surface area (Å²) in [5, 5.41) is 209. The van der Waals surface area contributed by atoms with Gasteiger partial charge in [-0.15, -0.1) is 0 Å². The van der Waals surface area contributed by atoms with Crippen LogP contribution in [0.3, 0.4) is 0 Å². The van der Waals surface area contributed by atoms with Crippen LogP contribution in [-0.4, -0.2) is 325 Å².